The molecule has 3 rings (SSSR count). The standard InChI is InChI=1S/C20H25N3O2S/c1-2-25-18-3-5-19(6-4-18)26-16-20(24)23-13-11-22(12-14-23)15-17-7-9-21-10-8-17/h3-10H,2,11-16H2,1H3. The molecule has 0 radical (unpaired) electrons. The molecule has 6 heteroatoms. The lowest BCUT2D eigenvalue weighted by Gasteiger charge is -2.34. The number of hydrogen-bond donors (Lipinski definition) is 0. The van der Waals surface area contributed by atoms with E-state index < -0.39 is 0 Å². The van der Waals surface area contributed by atoms with Crippen molar-refractivity contribution in [2.24, 2.45) is 0 Å². The molecule has 5 nitrogen and oxygen atoms in total. The number of pyridine rings is 1. The first kappa shape index (κ1) is 18.7. The molecule has 0 bridgehead atoms. The lowest BCUT2D eigenvalue weighted by Crippen LogP contribution is -2.48. The van der Waals surface area contributed by atoms with Crippen LogP contribution >= 0.6 is 11.8 Å². The third kappa shape index (κ3) is 5.47. The van der Waals surface area contributed by atoms with Crippen LogP contribution in [-0.4, -0.2) is 59.2 Å². The highest BCUT2D eigenvalue weighted by molar-refractivity contribution is 8.00. The summed E-state index contributed by atoms with van der Waals surface area (Å²) in [4.78, 5) is 22.0. The summed E-state index contributed by atoms with van der Waals surface area (Å²) < 4.78 is 5.44. The number of amides is 1. The molecule has 1 aromatic heterocycles. The van der Waals surface area contributed by atoms with Gasteiger partial charge >= 0.3 is 0 Å². The third-order valence-corrected chi connectivity index (χ3v) is 5.37. The number of ether oxygens (including phenoxy) is 1. The van der Waals surface area contributed by atoms with Gasteiger partial charge in [0.1, 0.15) is 5.75 Å². The monoisotopic (exact) mass is 371 g/mol. The molecule has 0 spiro atoms. The Balaban J connectivity index is 1.40. The third-order valence-electron chi connectivity index (χ3n) is 4.38. The number of rotatable bonds is 7. The Bertz CT molecular complexity index is 686. The van der Waals surface area contributed by atoms with E-state index in [-0.39, 0.29) is 5.91 Å². The van der Waals surface area contributed by atoms with Crippen LogP contribution in [0.15, 0.2) is 53.7 Å². The highest BCUT2D eigenvalue weighted by Crippen LogP contribution is 2.22. The molecule has 1 aliphatic heterocycles. The minimum atomic E-state index is 0.215. The Hall–Kier alpha value is -2.05. The van der Waals surface area contributed by atoms with Crippen LogP contribution in [0, 0.1) is 0 Å². The number of aromatic nitrogens is 1. The zero-order valence-electron chi connectivity index (χ0n) is 15.1. The van der Waals surface area contributed by atoms with Gasteiger partial charge in [-0.15, -0.1) is 11.8 Å². The van der Waals surface area contributed by atoms with Crippen molar-refractivity contribution in [1.29, 1.82) is 0 Å². The van der Waals surface area contributed by atoms with Crippen LogP contribution in [0.5, 0.6) is 5.75 Å². The summed E-state index contributed by atoms with van der Waals surface area (Å²) in [7, 11) is 0. The number of carbonyl (C=O) groups is 1. The van der Waals surface area contributed by atoms with E-state index in [1.807, 2.05) is 60.6 Å². The van der Waals surface area contributed by atoms with Gasteiger partial charge < -0.3 is 9.64 Å². The second-order valence-corrected chi connectivity index (χ2v) is 7.25. The summed E-state index contributed by atoms with van der Waals surface area (Å²) in [5.41, 5.74) is 1.27. The van der Waals surface area contributed by atoms with E-state index >= 15 is 0 Å². The zero-order valence-corrected chi connectivity index (χ0v) is 16.0. The SMILES string of the molecule is CCOc1ccc(SCC(=O)N2CCN(Cc3ccncc3)CC2)cc1. The molecule has 0 atom stereocenters. The molecular weight excluding hydrogens is 346 g/mol. The first-order valence-corrected chi connectivity index (χ1v) is 9.98. The molecule has 0 aliphatic carbocycles. The maximum absolute atomic E-state index is 12.5. The summed E-state index contributed by atoms with van der Waals surface area (Å²) >= 11 is 1.59. The summed E-state index contributed by atoms with van der Waals surface area (Å²) in [5.74, 6) is 1.57. The highest BCUT2D eigenvalue weighted by atomic mass is 32.2. The fourth-order valence-electron chi connectivity index (χ4n) is 2.94. The van der Waals surface area contributed by atoms with Gasteiger partial charge in [-0.3, -0.25) is 14.7 Å². The quantitative estimate of drug-likeness (QED) is 0.701. The van der Waals surface area contributed by atoms with E-state index in [1.54, 1.807) is 11.8 Å². The van der Waals surface area contributed by atoms with Crippen molar-refractivity contribution in [1.82, 2.24) is 14.8 Å². The molecule has 2 aromatic rings. The number of carbonyl (C=O) groups excluding carboxylic acids is 1. The van der Waals surface area contributed by atoms with Crippen LogP contribution in [0.2, 0.25) is 0 Å². The number of nitrogens with zero attached hydrogens (tertiary/aromatic N) is 3. The first-order chi connectivity index (χ1) is 12.7. The number of thioether (sulfide) groups is 1. The maximum atomic E-state index is 12.5. The molecule has 1 saturated heterocycles. The van der Waals surface area contributed by atoms with Crippen molar-refractivity contribution >= 4 is 17.7 Å². The predicted octanol–water partition coefficient (Wildman–Crippen LogP) is 2.92. The van der Waals surface area contributed by atoms with Crippen LogP contribution in [0.3, 0.4) is 0 Å². The largest absolute Gasteiger partial charge is 0.494 e. The smallest absolute Gasteiger partial charge is 0.233 e. The van der Waals surface area contributed by atoms with Gasteiger partial charge in [-0.1, -0.05) is 0 Å². The van der Waals surface area contributed by atoms with Crippen molar-refractivity contribution in [2.75, 3.05) is 38.5 Å². The molecule has 138 valence electrons. The van der Waals surface area contributed by atoms with Crippen molar-refractivity contribution in [3.63, 3.8) is 0 Å². The second-order valence-electron chi connectivity index (χ2n) is 6.21. The van der Waals surface area contributed by atoms with Gasteiger partial charge in [0.05, 0.1) is 12.4 Å². The van der Waals surface area contributed by atoms with Crippen LogP contribution < -0.4 is 4.74 Å². The minimum Gasteiger partial charge on any atom is -0.494 e. The molecule has 1 amide bonds. The van der Waals surface area contributed by atoms with Crippen LogP contribution in [0.1, 0.15) is 12.5 Å². The average Bonchev–Trinajstić information content (AvgIpc) is 2.69. The summed E-state index contributed by atoms with van der Waals surface area (Å²) in [5, 5.41) is 0. The Kier molecular flexibility index (Phi) is 6.91. The van der Waals surface area contributed by atoms with Gasteiger partial charge in [0.25, 0.3) is 0 Å². The summed E-state index contributed by atoms with van der Waals surface area (Å²) in [6.45, 7) is 6.99. The van der Waals surface area contributed by atoms with Crippen LogP contribution in [-0.2, 0) is 11.3 Å². The molecule has 0 N–H and O–H groups in total. The van der Waals surface area contributed by atoms with Crippen molar-refractivity contribution < 1.29 is 9.53 Å². The lowest BCUT2D eigenvalue weighted by atomic mass is 10.2. The Morgan fingerprint density at radius 3 is 2.42 bits per heavy atom. The van der Waals surface area contributed by atoms with E-state index in [9.17, 15) is 4.79 Å². The lowest BCUT2D eigenvalue weighted by molar-refractivity contribution is -0.130. The topological polar surface area (TPSA) is 45.7 Å². The van der Waals surface area contributed by atoms with E-state index in [0.29, 0.717) is 12.4 Å². The normalized spacial score (nSPS) is 15.0. The van der Waals surface area contributed by atoms with Gasteiger partial charge in [-0.05, 0) is 48.9 Å². The second kappa shape index (κ2) is 9.59. The van der Waals surface area contributed by atoms with E-state index in [4.69, 9.17) is 4.74 Å². The number of hydrogen-bond acceptors (Lipinski definition) is 5. The predicted molar refractivity (Wildman–Crippen MR) is 104 cm³/mol. The highest BCUT2D eigenvalue weighted by Gasteiger charge is 2.21. The number of benzene rings is 1. The van der Waals surface area contributed by atoms with Gasteiger partial charge in [0.2, 0.25) is 5.91 Å². The molecule has 1 aliphatic rings. The van der Waals surface area contributed by atoms with Gasteiger partial charge in [0.15, 0.2) is 0 Å². The summed E-state index contributed by atoms with van der Waals surface area (Å²) in [6, 6.07) is 12.0. The fourth-order valence-corrected chi connectivity index (χ4v) is 3.74. The average molecular weight is 372 g/mol. The molecule has 2 heterocycles. The van der Waals surface area contributed by atoms with Gasteiger partial charge in [0, 0.05) is 50.0 Å². The van der Waals surface area contributed by atoms with Crippen molar-refractivity contribution in [3.8, 4) is 5.75 Å². The van der Waals surface area contributed by atoms with Gasteiger partial charge in [-0.2, -0.15) is 0 Å². The Morgan fingerprint density at radius 1 is 1.08 bits per heavy atom. The summed E-state index contributed by atoms with van der Waals surface area (Å²) in [6.07, 6.45) is 3.65. The van der Waals surface area contributed by atoms with Crippen molar-refractivity contribution in [3.05, 3.63) is 54.4 Å². The minimum absolute atomic E-state index is 0.215. The fraction of sp³-hybridized carbons (Fsp3) is 0.400. The van der Waals surface area contributed by atoms with Gasteiger partial charge in [-0.25, -0.2) is 0 Å². The molecular formula is C20H25N3O2S. The van der Waals surface area contributed by atoms with E-state index in [2.05, 4.69) is 9.88 Å². The maximum Gasteiger partial charge on any atom is 0.233 e. The number of piperazine rings is 1. The first-order valence-electron chi connectivity index (χ1n) is 8.99. The van der Waals surface area contributed by atoms with E-state index in [1.165, 1.54) is 5.56 Å². The van der Waals surface area contributed by atoms with Crippen molar-refractivity contribution in [2.45, 2.75) is 18.4 Å². The molecule has 0 unspecified atom stereocenters. The molecule has 1 aromatic carbocycles. The molecule has 0 saturated carbocycles. The molecule has 1 fully saturated rings. The van der Waals surface area contributed by atoms with E-state index in [0.717, 1.165) is 43.4 Å². The van der Waals surface area contributed by atoms with Crippen LogP contribution in [0.25, 0.3) is 0 Å². The Morgan fingerprint density at radius 2 is 1.77 bits per heavy atom. The zero-order chi connectivity index (χ0) is 18.2. The Labute approximate surface area is 159 Å². The molecule has 26 heavy (non-hydrogen) atoms. The van der Waals surface area contributed by atoms with Crippen LogP contribution in [0.4, 0.5) is 0 Å².